The summed E-state index contributed by atoms with van der Waals surface area (Å²) in [6.45, 7) is 4.18. The first kappa shape index (κ1) is 51.2. The van der Waals surface area contributed by atoms with E-state index in [1.807, 2.05) is 48.5 Å². The van der Waals surface area contributed by atoms with E-state index in [4.69, 9.17) is 15.9 Å². The van der Waals surface area contributed by atoms with Crippen molar-refractivity contribution in [3.8, 4) is 237 Å². The molecule has 0 radical (unpaired) electrons. The standard InChI is InChI=1S/C67H22N2O6/c1-4-5-6-7-8-9-10-11-12-13-14-15-16-17-18-19-20-21-22-23-24-25-26-27-28-29-30-31-32-33-34-35-36-37-50-69-65(72)60-49-47-58(52-62(60)66(69)73)75-56-44-40-54(41-45-56)67(2,3)53-38-42-55(43-39-53)74-57-46-48-59-61(51-57)64(71)68-63(59)70/h1,38-49,51-52H,2-3H3,(H,68,70,71). The van der Waals surface area contributed by atoms with Crippen LogP contribution in [0.25, 0.3) is 0 Å². The Balaban J connectivity index is 0.917. The smallest absolute Gasteiger partial charge is 0.273 e. The molecule has 75 heavy (non-hydrogen) atoms. The molecule has 1 N–H and O–H groups in total. The van der Waals surface area contributed by atoms with Gasteiger partial charge in [0.25, 0.3) is 23.6 Å². The van der Waals surface area contributed by atoms with E-state index in [2.05, 4.69) is 227 Å². The number of nitrogens with one attached hydrogen (secondary N) is 1. The van der Waals surface area contributed by atoms with E-state index in [1.165, 1.54) is 12.1 Å². The second-order valence-electron chi connectivity index (χ2n) is 14.4. The van der Waals surface area contributed by atoms with Gasteiger partial charge in [0.1, 0.15) is 23.0 Å². The Kier molecular flexibility index (Phi) is 18.4. The zero-order chi connectivity index (χ0) is 52.9. The average molecular weight is 951 g/mol. The number of amides is 4. The van der Waals surface area contributed by atoms with Crippen molar-refractivity contribution in [2.75, 3.05) is 0 Å². The van der Waals surface area contributed by atoms with Crippen molar-refractivity contribution >= 4 is 23.6 Å². The second-order valence-corrected chi connectivity index (χ2v) is 14.4. The summed E-state index contributed by atoms with van der Waals surface area (Å²) in [6.07, 6.45) is 4.95. The average Bonchev–Trinajstić information content (AvgIpc) is 3.83. The summed E-state index contributed by atoms with van der Waals surface area (Å²) in [5.41, 5.74) is 2.55. The molecule has 0 aliphatic carbocycles. The largest absolute Gasteiger partial charge is 0.457 e. The molecule has 4 amide bonds. The van der Waals surface area contributed by atoms with Crippen molar-refractivity contribution in [3.63, 3.8) is 0 Å². The molecule has 0 atom stereocenters. The van der Waals surface area contributed by atoms with Crippen LogP contribution in [-0.4, -0.2) is 28.5 Å². The third kappa shape index (κ3) is 15.4. The molecule has 0 spiro atoms. The van der Waals surface area contributed by atoms with Crippen LogP contribution < -0.4 is 14.8 Å². The minimum absolute atomic E-state index is 0.144. The van der Waals surface area contributed by atoms with Gasteiger partial charge < -0.3 is 9.47 Å². The molecule has 4 aromatic rings. The highest BCUT2D eigenvalue weighted by Gasteiger charge is 2.35. The summed E-state index contributed by atoms with van der Waals surface area (Å²) in [5.74, 6) is 83.8. The summed E-state index contributed by atoms with van der Waals surface area (Å²) in [4.78, 5) is 50.8. The van der Waals surface area contributed by atoms with E-state index in [1.54, 1.807) is 24.3 Å². The van der Waals surface area contributed by atoms with Gasteiger partial charge in [-0.25, -0.2) is 0 Å². The van der Waals surface area contributed by atoms with Crippen LogP contribution in [0.4, 0.5) is 0 Å². The zero-order valence-electron chi connectivity index (χ0n) is 39.1. The van der Waals surface area contributed by atoms with Gasteiger partial charge in [-0.3, -0.25) is 24.5 Å². The minimum Gasteiger partial charge on any atom is -0.457 e. The first-order valence-electron chi connectivity index (χ1n) is 21.2. The molecule has 2 heterocycles. The van der Waals surface area contributed by atoms with Gasteiger partial charge in [0, 0.05) is 165 Å². The maximum atomic E-state index is 13.1. The molecule has 6 rings (SSSR count). The fourth-order valence-corrected chi connectivity index (χ4v) is 6.00. The van der Waals surface area contributed by atoms with E-state index < -0.39 is 29.0 Å². The first-order valence-corrected chi connectivity index (χ1v) is 21.2. The number of benzene rings is 4. The number of fused-ring (bicyclic) bond motifs is 2. The Hall–Kier alpha value is -13.2. The fraction of sp³-hybridized carbons (Fsp3) is 0.0448. The molecule has 0 fully saturated rings. The summed E-state index contributed by atoms with van der Waals surface area (Å²) >= 11 is 0. The van der Waals surface area contributed by atoms with Gasteiger partial charge in [0.15, 0.2) is 0 Å². The molecule has 0 aromatic heterocycles. The van der Waals surface area contributed by atoms with Crippen LogP contribution >= 0.6 is 0 Å². The Labute approximate surface area is 434 Å². The van der Waals surface area contributed by atoms with Gasteiger partial charge in [0.2, 0.25) is 0 Å². The lowest BCUT2D eigenvalue weighted by atomic mass is 9.78. The summed E-state index contributed by atoms with van der Waals surface area (Å²) in [7, 11) is 0. The minimum atomic E-state index is -0.609. The van der Waals surface area contributed by atoms with Gasteiger partial charge in [-0.05, 0) is 119 Å². The van der Waals surface area contributed by atoms with Crippen LogP contribution in [0.2, 0.25) is 0 Å². The van der Waals surface area contributed by atoms with Crippen molar-refractivity contribution in [2.24, 2.45) is 0 Å². The van der Waals surface area contributed by atoms with Crippen molar-refractivity contribution in [2.45, 2.75) is 19.3 Å². The van der Waals surface area contributed by atoms with E-state index in [0.717, 1.165) is 16.0 Å². The summed E-state index contributed by atoms with van der Waals surface area (Å²) in [5, 5.41) is 2.27. The van der Waals surface area contributed by atoms with Gasteiger partial charge in [-0.15, -0.1) is 6.42 Å². The molecule has 8 nitrogen and oxygen atoms in total. The van der Waals surface area contributed by atoms with Crippen LogP contribution in [0.3, 0.4) is 0 Å². The van der Waals surface area contributed by atoms with Crippen molar-refractivity contribution < 1.29 is 28.7 Å². The van der Waals surface area contributed by atoms with Crippen LogP contribution in [0.1, 0.15) is 66.4 Å². The number of hydrogen-bond acceptors (Lipinski definition) is 6. The molecule has 0 unspecified atom stereocenters. The number of imide groups is 2. The summed E-state index contributed by atoms with van der Waals surface area (Å²) < 4.78 is 12.0. The highest BCUT2D eigenvalue weighted by Crippen LogP contribution is 2.36. The maximum absolute atomic E-state index is 13.1. The molecule has 4 aromatic carbocycles. The third-order valence-corrected chi connectivity index (χ3v) is 9.43. The number of carbonyl (C=O) groups excluding carboxylic acids is 4. The van der Waals surface area contributed by atoms with E-state index >= 15 is 0 Å². The van der Waals surface area contributed by atoms with Gasteiger partial charge in [-0.2, -0.15) is 4.90 Å². The monoisotopic (exact) mass is 950 g/mol. The van der Waals surface area contributed by atoms with Gasteiger partial charge in [-0.1, -0.05) is 38.1 Å². The number of hydrogen-bond donors (Lipinski definition) is 1. The SMILES string of the molecule is C#CC#CC#CC#CC#CC#CC#CC#CC#CC#CC#CC#CC#CC#CC#CC#CC#CC#CN1C(=O)c2ccc(Oc3ccc(C(C)(C)c4ccc(Oc5ccc6c(c5)C(=O)NC6=O)cc4)cc3)cc2C1=O. The highest BCUT2D eigenvalue weighted by molar-refractivity contribution is 6.23. The molecular formula is C67H22N2O6. The third-order valence-electron chi connectivity index (χ3n) is 9.43. The molecule has 0 saturated heterocycles. The predicted octanol–water partition coefficient (Wildman–Crippen LogP) is 5.73. The Morgan fingerprint density at radius 1 is 0.360 bits per heavy atom. The number of terminal acetylenes is 1. The molecular weight excluding hydrogens is 929 g/mol. The van der Waals surface area contributed by atoms with E-state index in [9.17, 15) is 19.2 Å². The molecule has 8 heteroatoms. The highest BCUT2D eigenvalue weighted by atomic mass is 16.5. The normalized spacial score (nSPS) is 9.43. The lowest BCUT2D eigenvalue weighted by molar-refractivity contribution is 0.0733. The van der Waals surface area contributed by atoms with Crippen molar-refractivity contribution in [1.29, 1.82) is 0 Å². The molecule has 336 valence electrons. The first-order chi connectivity index (χ1) is 36.7. The Bertz CT molecular complexity index is 4370. The zero-order valence-corrected chi connectivity index (χ0v) is 39.1. The molecule has 2 aliphatic heterocycles. The van der Waals surface area contributed by atoms with Crippen LogP contribution in [0, 0.1) is 214 Å². The number of nitrogens with zero attached hydrogens (tertiary/aromatic N) is 1. The predicted molar refractivity (Wildman–Crippen MR) is 281 cm³/mol. The summed E-state index contributed by atoms with van der Waals surface area (Å²) in [6, 6.07) is 27.0. The lowest BCUT2D eigenvalue weighted by Gasteiger charge is -2.26. The van der Waals surface area contributed by atoms with E-state index in [-0.39, 0.29) is 16.7 Å². The molecule has 0 bridgehead atoms. The fourth-order valence-electron chi connectivity index (χ4n) is 6.00. The molecule has 0 saturated carbocycles. The van der Waals surface area contributed by atoms with Crippen molar-refractivity contribution in [1.82, 2.24) is 10.2 Å². The quantitative estimate of drug-likeness (QED) is 0.196. The van der Waals surface area contributed by atoms with Gasteiger partial charge >= 0.3 is 0 Å². The number of carbonyl (C=O) groups is 4. The van der Waals surface area contributed by atoms with E-state index in [0.29, 0.717) is 28.6 Å². The van der Waals surface area contributed by atoms with Crippen molar-refractivity contribution in [3.05, 3.63) is 118 Å². The van der Waals surface area contributed by atoms with Gasteiger partial charge in [0.05, 0.1) is 22.3 Å². The lowest BCUT2D eigenvalue weighted by Crippen LogP contribution is -2.24. The number of rotatable bonds is 6. The van der Waals surface area contributed by atoms with Crippen LogP contribution in [0.5, 0.6) is 23.0 Å². The maximum Gasteiger partial charge on any atom is 0.273 e. The van der Waals surface area contributed by atoms with Crippen LogP contribution in [-0.2, 0) is 5.41 Å². The Morgan fingerprint density at radius 2 is 0.653 bits per heavy atom. The molecule has 2 aliphatic rings. The van der Waals surface area contributed by atoms with Crippen LogP contribution in [0.15, 0.2) is 84.9 Å². The topological polar surface area (TPSA) is 102 Å². The Morgan fingerprint density at radius 3 is 1.03 bits per heavy atom. The second kappa shape index (κ2) is 27.0. The number of ether oxygens (including phenoxy) is 2.